The maximum absolute atomic E-state index is 10.0. The van der Waals surface area contributed by atoms with E-state index in [0.29, 0.717) is 0 Å². The Morgan fingerprint density at radius 3 is 2.94 bits per heavy atom. The lowest BCUT2D eigenvalue weighted by atomic mass is 9.96. The summed E-state index contributed by atoms with van der Waals surface area (Å²) in [4.78, 5) is 0. The first-order chi connectivity index (χ1) is 7.81. The number of fused-ring (bicyclic) bond motifs is 1. The molecule has 0 amide bonds. The fourth-order valence-electron chi connectivity index (χ4n) is 2.27. The van der Waals surface area contributed by atoms with E-state index in [-0.39, 0.29) is 12.2 Å². The summed E-state index contributed by atoms with van der Waals surface area (Å²) < 4.78 is 5.89. The summed E-state index contributed by atoms with van der Waals surface area (Å²) in [6.07, 6.45) is 5.30. The summed E-state index contributed by atoms with van der Waals surface area (Å²) in [7, 11) is 0. The van der Waals surface area contributed by atoms with Crippen molar-refractivity contribution in [3.05, 3.63) is 29.8 Å². The van der Waals surface area contributed by atoms with E-state index in [1.165, 1.54) is 19.3 Å². The quantitative estimate of drug-likeness (QED) is 0.787. The Labute approximate surface area is 97.3 Å². The summed E-state index contributed by atoms with van der Waals surface area (Å²) >= 11 is 0. The number of aliphatic hydroxyl groups excluding tert-OH is 1. The topological polar surface area (TPSA) is 29.5 Å². The van der Waals surface area contributed by atoms with E-state index in [2.05, 4.69) is 6.92 Å². The molecule has 0 aromatic heterocycles. The van der Waals surface area contributed by atoms with Crippen molar-refractivity contribution in [2.45, 2.75) is 51.2 Å². The lowest BCUT2D eigenvalue weighted by molar-refractivity contribution is 0.0605. The van der Waals surface area contributed by atoms with Crippen molar-refractivity contribution in [1.82, 2.24) is 0 Å². The second kappa shape index (κ2) is 5.35. The van der Waals surface area contributed by atoms with E-state index in [4.69, 9.17) is 4.74 Å². The Morgan fingerprint density at radius 1 is 1.31 bits per heavy atom. The zero-order valence-corrected chi connectivity index (χ0v) is 9.86. The maximum atomic E-state index is 10.0. The minimum Gasteiger partial charge on any atom is -0.490 e. The third kappa shape index (κ3) is 2.56. The highest BCUT2D eigenvalue weighted by Gasteiger charge is 2.25. The monoisotopic (exact) mass is 220 g/mol. The molecule has 16 heavy (non-hydrogen) atoms. The highest BCUT2D eigenvalue weighted by atomic mass is 16.5. The lowest BCUT2D eigenvalue weighted by Gasteiger charge is -2.29. The largest absolute Gasteiger partial charge is 0.490 e. The molecule has 2 atom stereocenters. The molecule has 1 heterocycles. The zero-order valence-electron chi connectivity index (χ0n) is 9.86. The van der Waals surface area contributed by atoms with E-state index < -0.39 is 0 Å². The molecule has 0 fully saturated rings. The fraction of sp³-hybridized carbons (Fsp3) is 0.571. The van der Waals surface area contributed by atoms with E-state index in [1.807, 2.05) is 24.3 Å². The molecule has 2 rings (SSSR count). The van der Waals surface area contributed by atoms with Crippen LogP contribution in [-0.2, 0) is 0 Å². The Morgan fingerprint density at radius 2 is 2.12 bits per heavy atom. The fourth-order valence-corrected chi connectivity index (χ4v) is 2.27. The second-order valence-electron chi connectivity index (χ2n) is 4.52. The van der Waals surface area contributed by atoms with E-state index in [1.54, 1.807) is 0 Å². The molecule has 1 N–H and O–H groups in total. The number of aliphatic hydroxyl groups is 1. The highest BCUT2D eigenvalue weighted by molar-refractivity contribution is 5.36. The molecule has 88 valence electrons. The average Bonchev–Trinajstić information content (AvgIpc) is 2.30. The predicted octanol–water partition coefficient (Wildman–Crippen LogP) is 3.45. The Bertz CT molecular complexity index is 335. The molecular formula is C14H20O2. The number of rotatable bonds is 4. The highest BCUT2D eigenvalue weighted by Crippen LogP contribution is 2.35. The molecule has 1 unspecified atom stereocenters. The average molecular weight is 220 g/mol. The van der Waals surface area contributed by atoms with Crippen molar-refractivity contribution in [1.29, 1.82) is 0 Å². The number of para-hydroxylation sites is 1. The van der Waals surface area contributed by atoms with Crippen LogP contribution in [0.5, 0.6) is 5.75 Å². The van der Waals surface area contributed by atoms with Crippen molar-refractivity contribution in [3.63, 3.8) is 0 Å². The zero-order chi connectivity index (χ0) is 11.4. The first kappa shape index (κ1) is 11.5. The van der Waals surface area contributed by atoms with Crippen LogP contribution in [0.15, 0.2) is 24.3 Å². The summed E-state index contributed by atoms with van der Waals surface area (Å²) in [5.74, 6) is 0.864. The third-order valence-electron chi connectivity index (χ3n) is 3.19. The lowest BCUT2D eigenvalue weighted by Crippen LogP contribution is -2.25. The standard InChI is InChI=1S/C14H20O2/c1-2-3-4-7-11-10-13(15)12-8-5-6-9-14(12)16-11/h5-6,8-9,11,13,15H,2-4,7,10H2,1H3/t11?,13-/m1/s1. The van der Waals surface area contributed by atoms with Crippen LogP contribution in [0.2, 0.25) is 0 Å². The van der Waals surface area contributed by atoms with E-state index >= 15 is 0 Å². The van der Waals surface area contributed by atoms with Crippen LogP contribution in [0.25, 0.3) is 0 Å². The first-order valence-electron chi connectivity index (χ1n) is 6.25. The smallest absolute Gasteiger partial charge is 0.125 e. The number of benzene rings is 1. The summed E-state index contributed by atoms with van der Waals surface area (Å²) in [6.45, 7) is 2.20. The molecule has 0 bridgehead atoms. The molecule has 2 heteroatoms. The van der Waals surface area contributed by atoms with Crippen LogP contribution >= 0.6 is 0 Å². The SMILES string of the molecule is CCCCCC1C[C@@H](O)c2ccccc2O1. The number of hydrogen-bond donors (Lipinski definition) is 1. The second-order valence-corrected chi connectivity index (χ2v) is 4.52. The Hall–Kier alpha value is -1.02. The van der Waals surface area contributed by atoms with Crippen LogP contribution in [0.3, 0.4) is 0 Å². The molecule has 0 saturated carbocycles. The molecule has 1 aromatic carbocycles. The summed E-state index contributed by atoms with van der Waals surface area (Å²) in [6, 6.07) is 7.80. The van der Waals surface area contributed by atoms with Gasteiger partial charge in [-0.15, -0.1) is 0 Å². The van der Waals surface area contributed by atoms with Crippen LogP contribution in [0.1, 0.15) is 50.7 Å². The molecule has 2 nitrogen and oxygen atoms in total. The van der Waals surface area contributed by atoms with Crippen molar-refractivity contribution in [2.75, 3.05) is 0 Å². The maximum Gasteiger partial charge on any atom is 0.125 e. The normalized spacial score (nSPS) is 23.6. The summed E-state index contributed by atoms with van der Waals surface area (Å²) in [5.41, 5.74) is 0.939. The molecule has 1 aliphatic heterocycles. The number of hydrogen-bond acceptors (Lipinski definition) is 2. The van der Waals surface area contributed by atoms with Crippen LogP contribution in [0, 0.1) is 0 Å². The van der Waals surface area contributed by atoms with Gasteiger partial charge in [0.05, 0.1) is 6.10 Å². The number of unbranched alkanes of at least 4 members (excludes halogenated alkanes) is 2. The molecule has 1 aliphatic rings. The Kier molecular flexibility index (Phi) is 3.83. The van der Waals surface area contributed by atoms with E-state index in [9.17, 15) is 5.11 Å². The van der Waals surface area contributed by atoms with Gasteiger partial charge in [0.1, 0.15) is 11.9 Å². The van der Waals surface area contributed by atoms with Gasteiger partial charge in [0.15, 0.2) is 0 Å². The summed E-state index contributed by atoms with van der Waals surface area (Å²) in [5, 5.41) is 10.0. The van der Waals surface area contributed by atoms with Crippen molar-refractivity contribution < 1.29 is 9.84 Å². The third-order valence-corrected chi connectivity index (χ3v) is 3.19. The van der Waals surface area contributed by atoms with Crippen molar-refractivity contribution in [3.8, 4) is 5.75 Å². The van der Waals surface area contributed by atoms with Crippen LogP contribution in [0.4, 0.5) is 0 Å². The molecule has 0 saturated heterocycles. The van der Waals surface area contributed by atoms with Gasteiger partial charge in [-0.3, -0.25) is 0 Å². The minimum atomic E-state index is -0.350. The van der Waals surface area contributed by atoms with Gasteiger partial charge in [-0.1, -0.05) is 38.0 Å². The van der Waals surface area contributed by atoms with Gasteiger partial charge in [0.2, 0.25) is 0 Å². The molecular weight excluding hydrogens is 200 g/mol. The van der Waals surface area contributed by atoms with Gasteiger partial charge in [-0.05, 0) is 18.9 Å². The van der Waals surface area contributed by atoms with Gasteiger partial charge in [-0.2, -0.15) is 0 Å². The van der Waals surface area contributed by atoms with E-state index in [0.717, 1.165) is 24.2 Å². The minimum absolute atomic E-state index is 0.191. The van der Waals surface area contributed by atoms with Gasteiger partial charge >= 0.3 is 0 Å². The predicted molar refractivity (Wildman–Crippen MR) is 64.6 cm³/mol. The van der Waals surface area contributed by atoms with Gasteiger partial charge in [0.25, 0.3) is 0 Å². The Balaban J connectivity index is 1.98. The first-order valence-corrected chi connectivity index (χ1v) is 6.25. The molecule has 0 spiro atoms. The van der Waals surface area contributed by atoms with Crippen molar-refractivity contribution in [2.24, 2.45) is 0 Å². The molecule has 0 aliphatic carbocycles. The number of ether oxygens (including phenoxy) is 1. The van der Waals surface area contributed by atoms with Gasteiger partial charge in [0, 0.05) is 12.0 Å². The van der Waals surface area contributed by atoms with Crippen molar-refractivity contribution >= 4 is 0 Å². The molecule has 1 aromatic rings. The van der Waals surface area contributed by atoms with Crippen LogP contribution in [-0.4, -0.2) is 11.2 Å². The van der Waals surface area contributed by atoms with Crippen LogP contribution < -0.4 is 4.74 Å². The van der Waals surface area contributed by atoms with Gasteiger partial charge in [-0.25, -0.2) is 0 Å². The molecule has 0 radical (unpaired) electrons. The van der Waals surface area contributed by atoms with Gasteiger partial charge < -0.3 is 9.84 Å².